The Balaban J connectivity index is 3.49. The van der Waals surface area contributed by atoms with Crippen LogP contribution in [0.1, 0.15) is 25.0 Å². The Morgan fingerprint density at radius 2 is 1.85 bits per heavy atom. The molecule has 11 heteroatoms. The number of aliphatic carboxylic acids is 1. The standard InChI is InChI=1S/C15H21N3O7S/c1-9-7-13(18(22)23)14(8-10(9)2)26(24,25)17(11(3)15(20)21)6-5-16-12(4)19/h7-8,11H,5-6H2,1-4H3,(H,16,19)(H,20,21). The van der Waals surface area contributed by atoms with Crippen LogP contribution in [-0.2, 0) is 19.6 Å². The molecule has 0 heterocycles. The Kier molecular flexibility index (Phi) is 6.81. The van der Waals surface area contributed by atoms with Crippen molar-refractivity contribution in [1.29, 1.82) is 0 Å². The molecule has 1 aromatic rings. The van der Waals surface area contributed by atoms with Gasteiger partial charge in [-0.1, -0.05) is 0 Å². The lowest BCUT2D eigenvalue weighted by atomic mass is 10.1. The zero-order chi connectivity index (χ0) is 20.2. The molecule has 0 radical (unpaired) electrons. The van der Waals surface area contributed by atoms with Crippen molar-refractivity contribution in [3.8, 4) is 0 Å². The minimum Gasteiger partial charge on any atom is -0.480 e. The highest BCUT2D eigenvalue weighted by atomic mass is 32.2. The maximum absolute atomic E-state index is 13.0. The number of carboxylic acids is 1. The Hall–Kier alpha value is -2.53. The van der Waals surface area contributed by atoms with Gasteiger partial charge in [-0.2, -0.15) is 4.31 Å². The Labute approximate surface area is 151 Å². The zero-order valence-corrected chi connectivity index (χ0v) is 15.7. The highest BCUT2D eigenvalue weighted by Gasteiger charge is 2.37. The number of nitrogens with one attached hydrogen (secondary N) is 1. The van der Waals surface area contributed by atoms with E-state index in [1.54, 1.807) is 13.8 Å². The van der Waals surface area contributed by atoms with E-state index in [1.165, 1.54) is 6.92 Å². The summed E-state index contributed by atoms with van der Waals surface area (Å²) in [5.74, 6) is -1.83. The molecular weight excluding hydrogens is 366 g/mol. The Morgan fingerprint density at radius 3 is 2.31 bits per heavy atom. The maximum atomic E-state index is 13.0. The summed E-state index contributed by atoms with van der Waals surface area (Å²) in [5, 5.41) is 22.9. The van der Waals surface area contributed by atoms with Crippen LogP contribution in [0.15, 0.2) is 17.0 Å². The molecule has 0 spiro atoms. The number of carbonyl (C=O) groups is 2. The van der Waals surface area contributed by atoms with Crippen LogP contribution in [0.4, 0.5) is 5.69 Å². The molecule has 0 aliphatic heterocycles. The number of rotatable bonds is 8. The highest BCUT2D eigenvalue weighted by Crippen LogP contribution is 2.30. The fourth-order valence-corrected chi connectivity index (χ4v) is 4.05. The third-order valence-electron chi connectivity index (χ3n) is 3.85. The van der Waals surface area contributed by atoms with Crippen molar-refractivity contribution in [2.75, 3.05) is 13.1 Å². The van der Waals surface area contributed by atoms with Gasteiger partial charge >= 0.3 is 5.97 Å². The van der Waals surface area contributed by atoms with Crippen LogP contribution in [0.2, 0.25) is 0 Å². The van der Waals surface area contributed by atoms with Gasteiger partial charge in [-0.05, 0) is 38.0 Å². The molecule has 0 saturated heterocycles. The number of nitro groups is 1. The summed E-state index contributed by atoms with van der Waals surface area (Å²) in [7, 11) is -4.50. The smallest absolute Gasteiger partial charge is 0.321 e. The number of hydrogen-bond acceptors (Lipinski definition) is 6. The molecule has 0 aliphatic carbocycles. The van der Waals surface area contributed by atoms with E-state index in [0.29, 0.717) is 15.4 Å². The SMILES string of the molecule is CC(=O)NCCN(C(C)C(=O)O)S(=O)(=O)c1cc(C)c(C)cc1[N+](=O)[O-]. The van der Waals surface area contributed by atoms with E-state index in [2.05, 4.69) is 5.32 Å². The van der Waals surface area contributed by atoms with Crippen LogP contribution in [-0.4, -0.2) is 53.8 Å². The molecule has 2 N–H and O–H groups in total. The quantitative estimate of drug-likeness (QED) is 0.495. The van der Waals surface area contributed by atoms with Gasteiger partial charge in [0, 0.05) is 26.1 Å². The van der Waals surface area contributed by atoms with E-state index < -0.39 is 43.4 Å². The summed E-state index contributed by atoms with van der Waals surface area (Å²) in [4.78, 5) is 32.2. The Morgan fingerprint density at radius 1 is 1.31 bits per heavy atom. The summed E-state index contributed by atoms with van der Waals surface area (Å²) >= 11 is 0. The lowest BCUT2D eigenvalue weighted by Gasteiger charge is -2.26. The van der Waals surface area contributed by atoms with Crippen molar-refractivity contribution in [3.63, 3.8) is 0 Å². The van der Waals surface area contributed by atoms with E-state index >= 15 is 0 Å². The maximum Gasteiger partial charge on any atom is 0.321 e. The number of nitro benzene ring substituents is 1. The van der Waals surface area contributed by atoms with E-state index in [9.17, 15) is 33.2 Å². The van der Waals surface area contributed by atoms with Crippen molar-refractivity contribution < 1.29 is 28.0 Å². The van der Waals surface area contributed by atoms with E-state index in [0.717, 1.165) is 19.1 Å². The zero-order valence-electron chi connectivity index (χ0n) is 14.8. The van der Waals surface area contributed by atoms with Crippen LogP contribution in [0, 0.1) is 24.0 Å². The number of hydrogen-bond donors (Lipinski definition) is 2. The number of aryl methyl sites for hydroxylation is 2. The molecule has 1 rings (SSSR count). The van der Waals surface area contributed by atoms with Crippen molar-refractivity contribution in [2.45, 2.75) is 38.6 Å². The Bertz CT molecular complexity index is 836. The molecule has 1 amide bonds. The van der Waals surface area contributed by atoms with Crippen molar-refractivity contribution in [1.82, 2.24) is 9.62 Å². The summed E-state index contributed by atoms with van der Waals surface area (Å²) in [6.45, 7) is 5.10. The van der Waals surface area contributed by atoms with E-state index in [4.69, 9.17) is 0 Å². The van der Waals surface area contributed by atoms with E-state index in [1.807, 2.05) is 0 Å². The molecule has 0 saturated carbocycles. The van der Waals surface area contributed by atoms with Crippen LogP contribution >= 0.6 is 0 Å². The monoisotopic (exact) mass is 387 g/mol. The fourth-order valence-electron chi connectivity index (χ4n) is 2.24. The number of sulfonamides is 1. The molecule has 0 bridgehead atoms. The third kappa shape index (κ3) is 4.76. The normalized spacial score (nSPS) is 12.7. The van der Waals surface area contributed by atoms with Gasteiger partial charge in [0.25, 0.3) is 15.7 Å². The highest BCUT2D eigenvalue weighted by molar-refractivity contribution is 7.89. The van der Waals surface area contributed by atoms with Crippen molar-refractivity contribution in [3.05, 3.63) is 33.4 Å². The minimum atomic E-state index is -4.50. The van der Waals surface area contributed by atoms with Gasteiger partial charge < -0.3 is 10.4 Å². The molecule has 1 unspecified atom stereocenters. The average Bonchev–Trinajstić information content (AvgIpc) is 2.52. The molecule has 10 nitrogen and oxygen atoms in total. The first-order valence-corrected chi connectivity index (χ1v) is 9.08. The number of nitrogens with zero attached hydrogens (tertiary/aromatic N) is 2. The van der Waals surface area contributed by atoms with Crippen molar-refractivity contribution in [2.24, 2.45) is 0 Å². The lowest BCUT2D eigenvalue weighted by Crippen LogP contribution is -2.46. The van der Waals surface area contributed by atoms with Crippen LogP contribution in [0.3, 0.4) is 0 Å². The van der Waals surface area contributed by atoms with Gasteiger partial charge in [0.15, 0.2) is 4.90 Å². The predicted molar refractivity (Wildman–Crippen MR) is 92.2 cm³/mol. The van der Waals surface area contributed by atoms with Gasteiger partial charge in [-0.15, -0.1) is 0 Å². The second kappa shape index (κ2) is 8.23. The second-order valence-electron chi connectivity index (χ2n) is 5.77. The topological polar surface area (TPSA) is 147 Å². The molecule has 144 valence electrons. The minimum absolute atomic E-state index is 0.134. The number of carboxylic acid groups (broad SMARTS) is 1. The predicted octanol–water partition coefficient (Wildman–Crippen LogP) is 0.812. The molecule has 0 aromatic heterocycles. The van der Waals surface area contributed by atoms with Crippen LogP contribution in [0.25, 0.3) is 0 Å². The summed E-state index contributed by atoms with van der Waals surface area (Å²) < 4.78 is 26.6. The first-order valence-electron chi connectivity index (χ1n) is 7.64. The van der Waals surface area contributed by atoms with Crippen molar-refractivity contribution >= 4 is 27.6 Å². The molecule has 1 aromatic carbocycles. The average molecular weight is 387 g/mol. The molecule has 1 atom stereocenters. The summed E-state index contributed by atoms with van der Waals surface area (Å²) in [6.07, 6.45) is 0. The summed E-state index contributed by atoms with van der Waals surface area (Å²) in [6, 6.07) is 0.817. The number of benzene rings is 1. The summed E-state index contributed by atoms with van der Waals surface area (Å²) in [5.41, 5.74) is 0.418. The first kappa shape index (κ1) is 21.5. The van der Waals surface area contributed by atoms with Crippen LogP contribution in [0.5, 0.6) is 0 Å². The van der Waals surface area contributed by atoms with Gasteiger partial charge in [0.05, 0.1) is 4.92 Å². The molecule has 26 heavy (non-hydrogen) atoms. The largest absolute Gasteiger partial charge is 0.480 e. The van der Waals surface area contributed by atoms with E-state index in [-0.39, 0.29) is 13.1 Å². The van der Waals surface area contributed by atoms with Crippen LogP contribution < -0.4 is 5.32 Å². The first-order chi connectivity index (χ1) is 11.9. The number of amides is 1. The van der Waals surface area contributed by atoms with Gasteiger partial charge in [-0.3, -0.25) is 19.7 Å². The molecular formula is C15H21N3O7S. The van der Waals surface area contributed by atoms with Gasteiger partial charge in [0.1, 0.15) is 6.04 Å². The lowest BCUT2D eigenvalue weighted by molar-refractivity contribution is -0.387. The fraction of sp³-hybridized carbons (Fsp3) is 0.467. The molecule has 0 fully saturated rings. The third-order valence-corrected chi connectivity index (χ3v) is 5.85. The van der Waals surface area contributed by atoms with Gasteiger partial charge in [0.2, 0.25) is 5.91 Å². The molecule has 0 aliphatic rings. The van der Waals surface area contributed by atoms with Gasteiger partial charge in [-0.25, -0.2) is 8.42 Å². The second-order valence-corrected chi connectivity index (χ2v) is 7.63. The number of carbonyl (C=O) groups excluding carboxylic acids is 1.